The molecule has 7 nitrogen and oxygen atoms in total. The van der Waals surface area contributed by atoms with Gasteiger partial charge >= 0.3 is 17.6 Å². The molecule has 0 saturated heterocycles. The van der Waals surface area contributed by atoms with Gasteiger partial charge in [-0.1, -0.05) is 23.7 Å². The minimum atomic E-state index is -0.939. The Labute approximate surface area is 175 Å². The highest BCUT2D eigenvalue weighted by molar-refractivity contribution is 6.30. The number of aryl methyl sites for hydroxylation is 1. The number of benzene rings is 2. The van der Waals surface area contributed by atoms with Crippen LogP contribution in [0.2, 0.25) is 5.02 Å². The van der Waals surface area contributed by atoms with Crippen LogP contribution in [0.25, 0.3) is 11.0 Å². The van der Waals surface area contributed by atoms with Crippen LogP contribution in [0.15, 0.2) is 69.0 Å². The summed E-state index contributed by atoms with van der Waals surface area (Å²) in [6.45, 7) is 1.80. The second kappa shape index (κ2) is 7.68. The van der Waals surface area contributed by atoms with Crippen LogP contribution in [0.3, 0.4) is 0 Å². The predicted molar refractivity (Wildman–Crippen MR) is 110 cm³/mol. The third kappa shape index (κ3) is 3.55. The summed E-state index contributed by atoms with van der Waals surface area (Å²) in [5, 5.41) is 4.19. The van der Waals surface area contributed by atoms with Gasteiger partial charge in [0.15, 0.2) is 6.10 Å². The number of fused-ring (bicyclic) bond motifs is 1. The van der Waals surface area contributed by atoms with Crippen molar-refractivity contribution in [3.05, 3.63) is 86.4 Å². The van der Waals surface area contributed by atoms with Crippen molar-refractivity contribution in [2.45, 2.75) is 13.0 Å². The third-order valence-electron chi connectivity index (χ3n) is 4.76. The summed E-state index contributed by atoms with van der Waals surface area (Å²) in [6.07, 6.45) is -0.939. The first kappa shape index (κ1) is 19.7. The lowest BCUT2D eigenvalue weighted by Crippen LogP contribution is -2.14. The SMILES string of the molecule is COC(=O)C1=C(Nc2ccc3c(C)cc(=O)oc3c2)C(=O)OC1c1ccc(Cl)cc1. The maximum Gasteiger partial charge on any atom is 0.356 e. The molecular formula is C22H16ClNO6. The number of rotatable bonds is 4. The third-order valence-corrected chi connectivity index (χ3v) is 5.01. The average Bonchev–Trinajstić information content (AvgIpc) is 3.03. The van der Waals surface area contributed by atoms with Gasteiger partial charge in [-0.3, -0.25) is 0 Å². The summed E-state index contributed by atoms with van der Waals surface area (Å²) in [7, 11) is 1.22. The van der Waals surface area contributed by atoms with Crippen LogP contribution in [0.1, 0.15) is 17.2 Å². The molecule has 3 aromatic rings. The molecule has 0 spiro atoms. The topological polar surface area (TPSA) is 94.8 Å². The quantitative estimate of drug-likeness (QED) is 0.500. The van der Waals surface area contributed by atoms with Crippen LogP contribution in [0, 0.1) is 6.92 Å². The molecule has 0 radical (unpaired) electrons. The highest BCUT2D eigenvalue weighted by atomic mass is 35.5. The van der Waals surface area contributed by atoms with Gasteiger partial charge in [0.2, 0.25) is 0 Å². The van der Waals surface area contributed by atoms with Gasteiger partial charge in [-0.2, -0.15) is 0 Å². The van der Waals surface area contributed by atoms with Crippen molar-refractivity contribution < 1.29 is 23.5 Å². The Kier molecular flexibility index (Phi) is 5.05. The van der Waals surface area contributed by atoms with Gasteiger partial charge in [-0.05, 0) is 42.3 Å². The van der Waals surface area contributed by atoms with Gasteiger partial charge in [-0.15, -0.1) is 0 Å². The minimum Gasteiger partial charge on any atom is -0.465 e. The lowest BCUT2D eigenvalue weighted by Gasteiger charge is -2.13. The minimum absolute atomic E-state index is 0.0376. The van der Waals surface area contributed by atoms with E-state index in [9.17, 15) is 14.4 Å². The van der Waals surface area contributed by atoms with E-state index in [4.69, 9.17) is 25.5 Å². The first-order valence-corrected chi connectivity index (χ1v) is 9.35. The number of carbonyl (C=O) groups excluding carboxylic acids is 2. The van der Waals surface area contributed by atoms with Crippen molar-refractivity contribution in [3.63, 3.8) is 0 Å². The van der Waals surface area contributed by atoms with Gasteiger partial charge in [0.1, 0.15) is 16.9 Å². The zero-order chi connectivity index (χ0) is 21.4. The van der Waals surface area contributed by atoms with E-state index in [1.54, 1.807) is 49.4 Å². The fourth-order valence-electron chi connectivity index (χ4n) is 3.32. The zero-order valence-corrected chi connectivity index (χ0v) is 16.8. The molecule has 2 aromatic carbocycles. The molecule has 1 atom stereocenters. The second-order valence-electron chi connectivity index (χ2n) is 6.70. The Hall–Kier alpha value is -3.58. The van der Waals surface area contributed by atoms with Gasteiger partial charge in [0, 0.05) is 28.2 Å². The maximum absolute atomic E-state index is 12.6. The van der Waals surface area contributed by atoms with E-state index in [2.05, 4.69) is 5.32 Å². The van der Waals surface area contributed by atoms with E-state index < -0.39 is 23.7 Å². The number of ether oxygens (including phenoxy) is 2. The van der Waals surface area contributed by atoms with Crippen LogP contribution in [0.4, 0.5) is 5.69 Å². The van der Waals surface area contributed by atoms with E-state index in [-0.39, 0.29) is 11.3 Å². The van der Waals surface area contributed by atoms with Gasteiger partial charge in [-0.25, -0.2) is 14.4 Å². The number of hydrogen-bond donors (Lipinski definition) is 1. The number of methoxy groups -OCH3 is 1. The van der Waals surface area contributed by atoms with Crippen LogP contribution in [-0.2, 0) is 19.1 Å². The number of hydrogen-bond acceptors (Lipinski definition) is 7. The smallest absolute Gasteiger partial charge is 0.356 e. The normalized spacial score (nSPS) is 16.0. The number of carbonyl (C=O) groups is 2. The fraction of sp³-hybridized carbons (Fsp3) is 0.136. The van der Waals surface area contributed by atoms with E-state index in [0.717, 1.165) is 10.9 Å². The first-order chi connectivity index (χ1) is 14.4. The molecule has 0 bridgehead atoms. The van der Waals surface area contributed by atoms with Gasteiger partial charge < -0.3 is 19.2 Å². The standard InChI is InChI=1S/C22H16ClNO6/c1-11-9-17(25)29-16-10-14(7-8-15(11)16)24-19-18(21(26)28-2)20(30-22(19)27)12-3-5-13(23)6-4-12/h3-10,20,24H,1-2H3. The number of nitrogens with one attached hydrogen (secondary N) is 1. The molecule has 1 aliphatic heterocycles. The molecular weight excluding hydrogens is 410 g/mol. The Balaban J connectivity index is 1.78. The molecule has 1 unspecified atom stereocenters. The molecule has 2 heterocycles. The summed E-state index contributed by atoms with van der Waals surface area (Å²) in [6, 6.07) is 13.1. The summed E-state index contributed by atoms with van der Waals surface area (Å²) >= 11 is 5.92. The molecule has 4 rings (SSSR count). The summed E-state index contributed by atoms with van der Waals surface area (Å²) < 4.78 is 15.6. The average molecular weight is 426 g/mol. The van der Waals surface area contributed by atoms with Crippen molar-refractivity contribution >= 4 is 40.2 Å². The Morgan fingerprint density at radius 1 is 1.10 bits per heavy atom. The van der Waals surface area contributed by atoms with E-state index >= 15 is 0 Å². The van der Waals surface area contributed by atoms with E-state index in [0.29, 0.717) is 21.9 Å². The number of anilines is 1. The molecule has 1 aliphatic rings. The molecule has 8 heteroatoms. The largest absolute Gasteiger partial charge is 0.465 e. The summed E-state index contributed by atoms with van der Waals surface area (Å²) in [5.41, 5.74) is 1.66. The van der Waals surface area contributed by atoms with Crippen molar-refractivity contribution in [1.29, 1.82) is 0 Å². The molecule has 0 aliphatic carbocycles. The lowest BCUT2D eigenvalue weighted by atomic mass is 10.0. The Morgan fingerprint density at radius 3 is 2.53 bits per heavy atom. The second-order valence-corrected chi connectivity index (χ2v) is 7.14. The number of esters is 2. The van der Waals surface area contributed by atoms with Crippen molar-refractivity contribution in [3.8, 4) is 0 Å². The first-order valence-electron chi connectivity index (χ1n) is 8.98. The number of halogens is 1. The highest BCUT2D eigenvalue weighted by Crippen LogP contribution is 2.37. The lowest BCUT2D eigenvalue weighted by molar-refractivity contribution is -0.141. The predicted octanol–water partition coefficient (Wildman–Crippen LogP) is 3.89. The number of cyclic esters (lactones) is 1. The van der Waals surface area contributed by atoms with Gasteiger partial charge in [0.25, 0.3) is 0 Å². The van der Waals surface area contributed by atoms with E-state index in [1.807, 2.05) is 0 Å². The summed E-state index contributed by atoms with van der Waals surface area (Å²) in [4.78, 5) is 36.7. The summed E-state index contributed by atoms with van der Waals surface area (Å²) in [5.74, 6) is -1.41. The van der Waals surface area contributed by atoms with E-state index in [1.165, 1.54) is 13.2 Å². The van der Waals surface area contributed by atoms with Gasteiger partial charge in [0.05, 0.1) is 7.11 Å². The van der Waals surface area contributed by atoms with Crippen LogP contribution < -0.4 is 10.9 Å². The van der Waals surface area contributed by atoms with Crippen molar-refractivity contribution in [2.75, 3.05) is 12.4 Å². The molecule has 0 amide bonds. The van der Waals surface area contributed by atoms with Crippen molar-refractivity contribution in [1.82, 2.24) is 0 Å². The molecule has 1 N–H and O–H groups in total. The Bertz CT molecular complexity index is 1260. The highest BCUT2D eigenvalue weighted by Gasteiger charge is 2.40. The van der Waals surface area contributed by atoms with Crippen molar-refractivity contribution in [2.24, 2.45) is 0 Å². The Morgan fingerprint density at radius 2 is 1.83 bits per heavy atom. The molecule has 0 fully saturated rings. The molecule has 152 valence electrons. The van der Waals surface area contributed by atoms with Crippen LogP contribution in [0.5, 0.6) is 0 Å². The molecule has 0 saturated carbocycles. The monoisotopic (exact) mass is 425 g/mol. The maximum atomic E-state index is 12.6. The van der Waals surface area contributed by atoms with Crippen LogP contribution >= 0.6 is 11.6 Å². The van der Waals surface area contributed by atoms with Crippen LogP contribution in [-0.4, -0.2) is 19.0 Å². The zero-order valence-electron chi connectivity index (χ0n) is 16.0. The molecule has 1 aromatic heterocycles. The molecule has 30 heavy (non-hydrogen) atoms. The fourth-order valence-corrected chi connectivity index (χ4v) is 3.45.